The summed E-state index contributed by atoms with van der Waals surface area (Å²) in [5.74, 6) is -1.82. The van der Waals surface area contributed by atoms with Gasteiger partial charge < -0.3 is 15.5 Å². The molecular formula is C13H12N2O4. The van der Waals surface area contributed by atoms with Crippen molar-refractivity contribution in [2.45, 2.75) is 6.10 Å². The van der Waals surface area contributed by atoms with E-state index in [-0.39, 0.29) is 6.54 Å². The Kier molecular flexibility index (Phi) is 3.72. The van der Waals surface area contributed by atoms with Crippen LogP contribution < -0.4 is 5.32 Å². The molecule has 0 unspecified atom stereocenters. The highest BCUT2D eigenvalue weighted by Gasteiger charge is 2.16. The lowest BCUT2D eigenvalue weighted by molar-refractivity contribution is -0.146. The van der Waals surface area contributed by atoms with E-state index in [1.807, 2.05) is 6.07 Å². The van der Waals surface area contributed by atoms with Crippen LogP contribution in [-0.4, -0.2) is 39.7 Å². The summed E-state index contributed by atoms with van der Waals surface area (Å²) in [5.41, 5.74) is 1.07. The summed E-state index contributed by atoms with van der Waals surface area (Å²) < 4.78 is 0. The first-order valence-corrected chi connectivity index (χ1v) is 5.62. The molecule has 1 atom stereocenters. The monoisotopic (exact) mass is 260 g/mol. The maximum absolute atomic E-state index is 11.9. The predicted octanol–water partition coefficient (Wildman–Crippen LogP) is 0.410. The van der Waals surface area contributed by atoms with Crippen molar-refractivity contribution in [2.24, 2.45) is 0 Å². The van der Waals surface area contributed by atoms with E-state index in [1.54, 1.807) is 24.3 Å². The van der Waals surface area contributed by atoms with Crippen molar-refractivity contribution < 1.29 is 19.8 Å². The highest BCUT2D eigenvalue weighted by atomic mass is 16.4. The molecule has 0 spiro atoms. The van der Waals surface area contributed by atoms with E-state index in [2.05, 4.69) is 10.3 Å². The molecule has 1 aromatic carbocycles. The molecule has 0 saturated heterocycles. The molecule has 0 radical (unpaired) electrons. The third-order valence-corrected chi connectivity index (χ3v) is 2.63. The van der Waals surface area contributed by atoms with Gasteiger partial charge in [-0.25, -0.2) is 4.79 Å². The highest BCUT2D eigenvalue weighted by molar-refractivity contribution is 6.06. The van der Waals surface area contributed by atoms with Crippen LogP contribution in [-0.2, 0) is 4.79 Å². The number of carbonyl (C=O) groups excluding carboxylic acids is 1. The van der Waals surface area contributed by atoms with Crippen LogP contribution in [0, 0.1) is 0 Å². The normalized spacial score (nSPS) is 12.1. The largest absolute Gasteiger partial charge is 0.479 e. The van der Waals surface area contributed by atoms with Crippen molar-refractivity contribution in [2.75, 3.05) is 6.54 Å². The average Bonchev–Trinajstić information content (AvgIpc) is 2.43. The first-order valence-electron chi connectivity index (χ1n) is 5.62. The number of para-hydroxylation sites is 1. The number of carboxylic acids is 1. The SMILES string of the molecule is O=C(NC[C@H](O)C(=O)O)c1ccnc2ccccc12. The molecule has 0 aliphatic rings. The molecule has 6 nitrogen and oxygen atoms in total. The molecule has 6 heteroatoms. The minimum Gasteiger partial charge on any atom is -0.479 e. The van der Waals surface area contributed by atoms with E-state index < -0.39 is 18.0 Å². The van der Waals surface area contributed by atoms with Gasteiger partial charge in [-0.15, -0.1) is 0 Å². The van der Waals surface area contributed by atoms with Gasteiger partial charge in [0.1, 0.15) is 0 Å². The van der Waals surface area contributed by atoms with E-state index in [0.717, 1.165) is 0 Å². The summed E-state index contributed by atoms with van der Waals surface area (Å²) in [6.45, 7) is -0.342. The zero-order chi connectivity index (χ0) is 13.8. The van der Waals surface area contributed by atoms with Crippen LogP contribution in [0.2, 0.25) is 0 Å². The van der Waals surface area contributed by atoms with Gasteiger partial charge in [-0.05, 0) is 12.1 Å². The van der Waals surface area contributed by atoms with Crippen molar-refractivity contribution in [3.05, 3.63) is 42.1 Å². The summed E-state index contributed by atoms with van der Waals surface area (Å²) >= 11 is 0. The fourth-order valence-electron chi connectivity index (χ4n) is 1.67. The van der Waals surface area contributed by atoms with Gasteiger partial charge in [0.05, 0.1) is 17.6 Å². The Morgan fingerprint density at radius 3 is 2.74 bits per heavy atom. The van der Waals surface area contributed by atoms with E-state index in [1.165, 1.54) is 6.20 Å². The van der Waals surface area contributed by atoms with Crippen LogP contribution >= 0.6 is 0 Å². The van der Waals surface area contributed by atoms with Crippen molar-refractivity contribution in [3.8, 4) is 0 Å². The second-order valence-corrected chi connectivity index (χ2v) is 3.94. The Bertz CT molecular complexity index is 622. The number of aromatic nitrogens is 1. The number of nitrogens with zero attached hydrogens (tertiary/aromatic N) is 1. The molecule has 98 valence electrons. The number of fused-ring (bicyclic) bond motifs is 1. The maximum atomic E-state index is 11.9. The third-order valence-electron chi connectivity index (χ3n) is 2.63. The van der Waals surface area contributed by atoms with Crippen LogP contribution in [0.1, 0.15) is 10.4 Å². The average molecular weight is 260 g/mol. The third kappa shape index (κ3) is 2.86. The number of carboxylic acid groups (broad SMARTS) is 1. The van der Waals surface area contributed by atoms with Crippen molar-refractivity contribution >= 4 is 22.8 Å². The van der Waals surface area contributed by atoms with Crippen LogP contribution in [0.15, 0.2) is 36.5 Å². The Morgan fingerprint density at radius 1 is 1.26 bits per heavy atom. The van der Waals surface area contributed by atoms with Crippen molar-refractivity contribution in [1.29, 1.82) is 0 Å². The number of nitrogens with one attached hydrogen (secondary N) is 1. The number of aliphatic carboxylic acids is 1. The number of hydrogen-bond donors (Lipinski definition) is 3. The van der Waals surface area contributed by atoms with E-state index in [4.69, 9.17) is 10.2 Å². The lowest BCUT2D eigenvalue weighted by Gasteiger charge is -2.09. The quantitative estimate of drug-likeness (QED) is 0.739. The fraction of sp³-hybridized carbons (Fsp3) is 0.154. The Hall–Kier alpha value is -2.47. The summed E-state index contributed by atoms with van der Waals surface area (Å²) in [7, 11) is 0. The van der Waals surface area contributed by atoms with Gasteiger partial charge >= 0.3 is 5.97 Å². The van der Waals surface area contributed by atoms with Gasteiger partial charge in [-0.1, -0.05) is 18.2 Å². The van der Waals surface area contributed by atoms with Crippen LogP contribution in [0.25, 0.3) is 10.9 Å². The van der Waals surface area contributed by atoms with Crippen LogP contribution in [0.4, 0.5) is 0 Å². The Morgan fingerprint density at radius 2 is 2.00 bits per heavy atom. The van der Waals surface area contributed by atoms with E-state index in [0.29, 0.717) is 16.5 Å². The van der Waals surface area contributed by atoms with Gasteiger partial charge in [0, 0.05) is 11.6 Å². The lowest BCUT2D eigenvalue weighted by Crippen LogP contribution is -2.36. The number of carbonyl (C=O) groups is 2. The topological polar surface area (TPSA) is 99.5 Å². The maximum Gasteiger partial charge on any atom is 0.334 e. The van der Waals surface area contributed by atoms with Crippen LogP contribution in [0.5, 0.6) is 0 Å². The molecule has 0 aliphatic heterocycles. The van der Waals surface area contributed by atoms with Crippen molar-refractivity contribution in [1.82, 2.24) is 10.3 Å². The first kappa shape index (κ1) is 13.0. The Balaban J connectivity index is 2.20. The van der Waals surface area contributed by atoms with Gasteiger partial charge in [0.2, 0.25) is 0 Å². The smallest absolute Gasteiger partial charge is 0.334 e. The Labute approximate surface area is 108 Å². The summed E-state index contributed by atoms with van der Waals surface area (Å²) in [6, 6.07) is 8.67. The zero-order valence-electron chi connectivity index (χ0n) is 9.91. The molecule has 0 bridgehead atoms. The van der Waals surface area contributed by atoms with Gasteiger partial charge in [0.25, 0.3) is 5.91 Å². The van der Waals surface area contributed by atoms with Crippen LogP contribution in [0.3, 0.4) is 0 Å². The molecule has 19 heavy (non-hydrogen) atoms. The molecule has 1 heterocycles. The number of amides is 1. The van der Waals surface area contributed by atoms with E-state index in [9.17, 15) is 9.59 Å². The predicted molar refractivity (Wildman–Crippen MR) is 67.7 cm³/mol. The molecule has 1 amide bonds. The molecule has 0 saturated carbocycles. The number of hydrogen-bond acceptors (Lipinski definition) is 4. The number of aliphatic hydroxyl groups is 1. The van der Waals surface area contributed by atoms with Gasteiger partial charge in [-0.2, -0.15) is 0 Å². The number of aliphatic hydroxyl groups excluding tert-OH is 1. The second-order valence-electron chi connectivity index (χ2n) is 3.94. The minimum atomic E-state index is -1.61. The highest BCUT2D eigenvalue weighted by Crippen LogP contribution is 2.15. The molecular weight excluding hydrogens is 248 g/mol. The molecule has 1 aromatic heterocycles. The molecule has 0 aliphatic carbocycles. The number of pyridine rings is 1. The molecule has 0 fully saturated rings. The zero-order valence-corrected chi connectivity index (χ0v) is 9.91. The second kappa shape index (κ2) is 5.45. The summed E-state index contributed by atoms with van der Waals surface area (Å²) in [5, 5.41) is 20.7. The molecule has 2 rings (SSSR count). The van der Waals surface area contributed by atoms with Gasteiger partial charge in [-0.3, -0.25) is 9.78 Å². The summed E-state index contributed by atoms with van der Waals surface area (Å²) in [4.78, 5) is 26.5. The molecule has 3 N–H and O–H groups in total. The standard InChI is InChI=1S/C13H12N2O4/c16-11(13(18)19)7-15-12(17)9-5-6-14-10-4-2-1-3-8(9)10/h1-6,11,16H,7H2,(H,15,17)(H,18,19)/t11-/m0/s1. The minimum absolute atomic E-state index is 0.342. The van der Waals surface area contributed by atoms with Gasteiger partial charge in [0.15, 0.2) is 6.10 Å². The van der Waals surface area contributed by atoms with E-state index >= 15 is 0 Å². The lowest BCUT2D eigenvalue weighted by atomic mass is 10.1. The fourth-order valence-corrected chi connectivity index (χ4v) is 1.67. The number of rotatable bonds is 4. The van der Waals surface area contributed by atoms with Crippen molar-refractivity contribution in [3.63, 3.8) is 0 Å². The first-order chi connectivity index (χ1) is 9.09. The summed E-state index contributed by atoms with van der Waals surface area (Å²) in [6.07, 6.45) is -0.109. The molecule has 2 aromatic rings. The number of benzene rings is 1.